The molecule has 0 N–H and O–H groups in total. The Morgan fingerprint density at radius 3 is 2.93 bits per heavy atom. The summed E-state index contributed by atoms with van der Waals surface area (Å²) < 4.78 is 3.07. The molecule has 0 fully saturated rings. The lowest BCUT2D eigenvalue weighted by atomic mass is 10.2. The SMILES string of the molecule is Cn1ncc(C(Br)c2cccs2)c1I. The van der Waals surface area contributed by atoms with Gasteiger partial charge < -0.3 is 0 Å². The van der Waals surface area contributed by atoms with Crippen molar-refractivity contribution < 1.29 is 0 Å². The molecular weight excluding hydrogens is 375 g/mol. The summed E-state index contributed by atoms with van der Waals surface area (Å²) in [6.45, 7) is 0. The first-order chi connectivity index (χ1) is 6.70. The van der Waals surface area contributed by atoms with Gasteiger partial charge in [0.2, 0.25) is 0 Å². The van der Waals surface area contributed by atoms with E-state index in [1.807, 2.05) is 17.9 Å². The zero-order valence-electron chi connectivity index (χ0n) is 7.45. The van der Waals surface area contributed by atoms with E-state index in [4.69, 9.17) is 0 Å². The molecule has 0 saturated heterocycles. The van der Waals surface area contributed by atoms with Gasteiger partial charge in [-0.3, -0.25) is 4.68 Å². The Bertz CT molecular complexity index is 424. The molecule has 0 radical (unpaired) electrons. The Kier molecular flexibility index (Phi) is 3.28. The van der Waals surface area contributed by atoms with Crippen LogP contribution in [0.2, 0.25) is 0 Å². The number of halogens is 2. The van der Waals surface area contributed by atoms with Crippen LogP contribution in [0, 0.1) is 3.70 Å². The number of aryl methyl sites for hydroxylation is 1. The molecular formula is C9H8BrIN2S. The molecule has 1 unspecified atom stereocenters. The van der Waals surface area contributed by atoms with Crippen LogP contribution in [0.5, 0.6) is 0 Å². The first-order valence-electron chi connectivity index (χ1n) is 4.05. The van der Waals surface area contributed by atoms with Crippen molar-refractivity contribution in [1.29, 1.82) is 0 Å². The molecule has 0 aliphatic carbocycles. The number of hydrogen-bond acceptors (Lipinski definition) is 2. The van der Waals surface area contributed by atoms with Crippen molar-refractivity contribution in [2.45, 2.75) is 4.83 Å². The number of alkyl halides is 1. The number of thiophene rings is 1. The van der Waals surface area contributed by atoms with E-state index < -0.39 is 0 Å². The zero-order valence-corrected chi connectivity index (χ0v) is 12.0. The van der Waals surface area contributed by atoms with Crippen molar-refractivity contribution >= 4 is 49.9 Å². The van der Waals surface area contributed by atoms with Gasteiger partial charge in [0.05, 0.1) is 11.0 Å². The summed E-state index contributed by atoms with van der Waals surface area (Å²) in [4.78, 5) is 1.58. The molecule has 2 rings (SSSR count). The molecule has 0 saturated carbocycles. The van der Waals surface area contributed by atoms with E-state index in [-0.39, 0.29) is 4.83 Å². The summed E-state index contributed by atoms with van der Waals surface area (Å²) in [7, 11) is 1.96. The first kappa shape index (κ1) is 10.6. The molecule has 0 spiro atoms. The van der Waals surface area contributed by atoms with E-state index in [0.29, 0.717) is 0 Å². The van der Waals surface area contributed by atoms with Crippen molar-refractivity contribution in [1.82, 2.24) is 9.78 Å². The summed E-state index contributed by atoms with van der Waals surface area (Å²) in [5.41, 5.74) is 1.23. The summed E-state index contributed by atoms with van der Waals surface area (Å²) in [5, 5.41) is 6.32. The molecule has 74 valence electrons. The second kappa shape index (κ2) is 4.32. The van der Waals surface area contributed by atoms with Gasteiger partial charge in [-0.05, 0) is 34.0 Å². The molecule has 0 aromatic carbocycles. The van der Waals surface area contributed by atoms with E-state index in [1.54, 1.807) is 11.3 Å². The quantitative estimate of drug-likeness (QED) is 0.573. The lowest BCUT2D eigenvalue weighted by Gasteiger charge is -2.05. The van der Waals surface area contributed by atoms with Gasteiger partial charge in [-0.25, -0.2) is 0 Å². The largest absolute Gasteiger partial charge is 0.262 e. The maximum absolute atomic E-state index is 4.23. The Labute approximate surface area is 109 Å². The van der Waals surface area contributed by atoms with Gasteiger partial charge in [0, 0.05) is 17.5 Å². The predicted octanol–water partition coefficient (Wildman–Crippen LogP) is 3.57. The highest BCUT2D eigenvalue weighted by atomic mass is 127. The lowest BCUT2D eigenvalue weighted by Crippen LogP contribution is -1.95. The number of aromatic nitrogens is 2. The Hall–Kier alpha value is 0.120. The molecule has 0 amide bonds. The predicted molar refractivity (Wildman–Crippen MR) is 71.0 cm³/mol. The fraction of sp³-hybridized carbons (Fsp3) is 0.222. The Balaban J connectivity index is 2.36. The molecule has 2 aromatic rings. The van der Waals surface area contributed by atoms with E-state index >= 15 is 0 Å². The van der Waals surface area contributed by atoms with Gasteiger partial charge in [-0.15, -0.1) is 11.3 Å². The van der Waals surface area contributed by atoms with Gasteiger partial charge in [-0.2, -0.15) is 5.10 Å². The summed E-state index contributed by atoms with van der Waals surface area (Å²) >= 11 is 7.76. The highest BCUT2D eigenvalue weighted by Gasteiger charge is 2.16. The van der Waals surface area contributed by atoms with Crippen LogP contribution in [0.15, 0.2) is 23.7 Å². The van der Waals surface area contributed by atoms with Crippen LogP contribution in [-0.4, -0.2) is 9.78 Å². The van der Waals surface area contributed by atoms with Crippen LogP contribution in [0.25, 0.3) is 0 Å². The minimum absolute atomic E-state index is 0.267. The van der Waals surface area contributed by atoms with Crippen molar-refractivity contribution in [3.05, 3.63) is 37.9 Å². The minimum Gasteiger partial charge on any atom is -0.262 e. The molecule has 2 aromatic heterocycles. The fourth-order valence-corrected chi connectivity index (χ4v) is 3.73. The van der Waals surface area contributed by atoms with Gasteiger partial charge >= 0.3 is 0 Å². The average Bonchev–Trinajstić information content (AvgIpc) is 2.77. The maximum atomic E-state index is 4.23. The second-order valence-electron chi connectivity index (χ2n) is 2.89. The van der Waals surface area contributed by atoms with Crippen molar-refractivity contribution in [2.75, 3.05) is 0 Å². The average molecular weight is 383 g/mol. The van der Waals surface area contributed by atoms with Gasteiger partial charge in [0.15, 0.2) is 0 Å². The molecule has 5 heteroatoms. The minimum atomic E-state index is 0.267. The van der Waals surface area contributed by atoms with E-state index in [2.05, 4.69) is 61.1 Å². The molecule has 0 aliphatic rings. The number of rotatable bonds is 2. The van der Waals surface area contributed by atoms with Gasteiger partial charge in [-0.1, -0.05) is 22.0 Å². The van der Waals surface area contributed by atoms with Gasteiger partial charge in [0.25, 0.3) is 0 Å². The van der Waals surface area contributed by atoms with Crippen LogP contribution in [-0.2, 0) is 7.05 Å². The zero-order chi connectivity index (χ0) is 10.1. The molecule has 0 aliphatic heterocycles. The smallest absolute Gasteiger partial charge is 0.103 e. The maximum Gasteiger partial charge on any atom is 0.103 e. The molecule has 2 nitrogen and oxygen atoms in total. The van der Waals surface area contributed by atoms with Crippen LogP contribution >= 0.6 is 49.9 Å². The first-order valence-corrected chi connectivity index (χ1v) is 6.92. The lowest BCUT2D eigenvalue weighted by molar-refractivity contribution is 0.746. The van der Waals surface area contributed by atoms with Crippen LogP contribution in [0.4, 0.5) is 0 Å². The van der Waals surface area contributed by atoms with E-state index in [1.165, 1.54) is 14.1 Å². The van der Waals surface area contributed by atoms with Crippen molar-refractivity contribution in [3.8, 4) is 0 Å². The molecule has 2 heterocycles. The summed E-state index contributed by atoms with van der Waals surface area (Å²) in [6, 6.07) is 4.20. The van der Waals surface area contributed by atoms with Crippen molar-refractivity contribution in [2.24, 2.45) is 7.05 Å². The van der Waals surface area contributed by atoms with E-state index in [0.717, 1.165) is 0 Å². The third-order valence-corrected chi connectivity index (χ3v) is 5.51. The number of nitrogens with zero attached hydrogens (tertiary/aromatic N) is 2. The highest BCUT2D eigenvalue weighted by molar-refractivity contribution is 14.1. The fourth-order valence-electron chi connectivity index (χ4n) is 1.20. The molecule has 14 heavy (non-hydrogen) atoms. The highest BCUT2D eigenvalue weighted by Crippen LogP contribution is 2.35. The Morgan fingerprint density at radius 1 is 1.64 bits per heavy atom. The Morgan fingerprint density at radius 2 is 2.43 bits per heavy atom. The van der Waals surface area contributed by atoms with Crippen LogP contribution in [0.1, 0.15) is 15.3 Å². The van der Waals surface area contributed by atoms with Crippen molar-refractivity contribution in [3.63, 3.8) is 0 Å². The monoisotopic (exact) mass is 382 g/mol. The summed E-state index contributed by atoms with van der Waals surface area (Å²) in [6.07, 6.45) is 1.92. The van der Waals surface area contributed by atoms with Crippen LogP contribution < -0.4 is 0 Å². The third kappa shape index (κ3) is 1.90. The number of hydrogen-bond donors (Lipinski definition) is 0. The normalized spacial score (nSPS) is 13.1. The third-order valence-electron chi connectivity index (χ3n) is 1.96. The standard InChI is InChI=1S/C9H8BrIN2S/c1-13-9(11)6(5-12-13)8(10)7-3-2-4-14-7/h2-5,8H,1H3. The molecule has 1 atom stereocenters. The topological polar surface area (TPSA) is 17.8 Å². The summed E-state index contributed by atoms with van der Waals surface area (Å²) in [5.74, 6) is 0. The van der Waals surface area contributed by atoms with E-state index in [9.17, 15) is 0 Å². The van der Waals surface area contributed by atoms with Gasteiger partial charge in [0.1, 0.15) is 3.70 Å². The molecule has 0 bridgehead atoms. The van der Waals surface area contributed by atoms with Crippen LogP contribution in [0.3, 0.4) is 0 Å². The second-order valence-corrected chi connectivity index (χ2v) is 5.81.